The van der Waals surface area contributed by atoms with Crippen LogP contribution in [0.25, 0.3) is 0 Å². The summed E-state index contributed by atoms with van der Waals surface area (Å²) in [6.45, 7) is 4.95. The zero-order valence-corrected chi connectivity index (χ0v) is 10.6. The molecule has 0 saturated heterocycles. The maximum Gasteiger partial charge on any atom is 0.124 e. The Morgan fingerprint density at radius 3 is 2.71 bits per heavy atom. The summed E-state index contributed by atoms with van der Waals surface area (Å²) in [7, 11) is 0. The van der Waals surface area contributed by atoms with E-state index in [1.807, 2.05) is 19.1 Å². The van der Waals surface area contributed by atoms with E-state index in [0.29, 0.717) is 18.7 Å². The van der Waals surface area contributed by atoms with Crippen LogP contribution in [0.3, 0.4) is 0 Å². The highest BCUT2D eigenvalue weighted by molar-refractivity contribution is 5.35. The van der Waals surface area contributed by atoms with Gasteiger partial charge in [0.15, 0.2) is 0 Å². The van der Waals surface area contributed by atoms with E-state index in [1.54, 1.807) is 0 Å². The quantitative estimate of drug-likeness (QED) is 0.784. The minimum absolute atomic E-state index is 0.336. The first-order chi connectivity index (χ1) is 8.31. The van der Waals surface area contributed by atoms with Crippen molar-refractivity contribution in [2.75, 3.05) is 6.61 Å². The van der Waals surface area contributed by atoms with Gasteiger partial charge in [0.2, 0.25) is 0 Å². The van der Waals surface area contributed by atoms with E-state index in [0.717, 1.165) is 18.6 Å². The van der Waals surface area contributed by atoms with Crippen LogP contribution < -0.4 is 10.1 Å². The van der Waals surface area contributed by atoms with Crippen LogP contribution in [0.2, 0.25) is 0 Å². The number of hydrogen-bond donors (Lipinski definition) is 1. The van der Waals surface area contributed by atoms with Crippen LogP contribution in [0.15, 0.2) is 36.4 Å². The van der Waals surface area contributed by atoms with Gasteiger partial charge in [-0.15, -0.1) is 0 Å². The summed E-state index contributed by atoms with van der Waals surface area (Å²) in [5.41, 5.74) is 1.25. The standard InChI is InChI=1S/C15H21NO/c1-3-17-15-11-7-6-10-14(15)12(2)16-13-8-4-5-9-13/h4-7,10-13,16H,3,8-9H2,1-2H3. The predicted molar refractivity (Wildman–Crippen MR) is 71.3 cm³/mol. The zero-order valence-electron chi connectivity index (χ0n) is 10.6. The van der Waals surface area contributed by atoms with Gasteiger partial charge in [-0.05, 0) is 32.8 Å². The average molecular weight is 231 g/mol. The van der Waals surface area contributed by atoms with E-state index in [4.69, 9.17) is 4.74 Å². The van der Waals surface area contributed by atoms with E-state index >= 15 is 0 Å². The first-order valence-corrected chi connectivity index (χ1v) is 6.44. The third-order valence-electron chi connectivity index (χ3n) is 3.18. The molecule has 17 heavy (non-hydrogen) atoms. The zero-order chi connectivity index (χ0) is 12.1. The molecule has 1 atom stereocenters. The van der Waals surface area contributed by atoms with Gasteiger partial charge >= 0.3 is 0 Å². The Morgan fingerprint density at radius 1 is 1.29 bits per heavy atom. The molecular formula is C15H21NO. The fourth-order valence-corrected chi connectivity index (χ4v) is 2.32. The van der Waals surface area contributed by atoms with Crippen LogP contribution in [0.4, 0.5) is 0 Å². The largest absolute Gasteiger partial charge is 0.494 e. The highest BCUT2D eigenvalue weighted by atomic mass is 16.5. The lowest BCUT2D eigenvalue weighted by molar-refractivity contribution is 0.330. The van der Waals surface area contributed by atoms with Crippen LogP contribution >= 0.6 is 0 Å². The summed E-state index contributed by atoms with van der Waals surface area (Å²) in [6, 6.07) is 9.21. The minimum atomic E-state index is 0.336. The van der Waals surface area contributed by atoms with Crippen LogP contribution in [0, 0.1) is 0 Å². The highest BCUT2D eigenvalue weighted by Gasteiger charge is 2.16. The molecular weight excluding hydrogens is 210 g/mol. The fourth-order valence-electron chi connectivity index (χ4n) is 2.32. The Kier molecular flexibility index (Phi) is 4.21. The van der Waals surface area contributed by atoms with Gasteiger partial charge in [0.05, 0.1) is 6.61 Å². The summed E-state index contributed by atoms with van der Waals surface area (Å²) >= 11 is 0. The molecule has 0 aromatic heterocycles. The summed E-state index contributed by atoms with van der Waals surface area (Å²) in [4.78, 5) is 0. The van der Waals surface area contributed by atoms with Crippen LogP contribution in [0.5, 0.6) is 5.75 Å². The third-order valence-corrected chi connectivity index (χ3v) is 3.18. The number of ether oxygens (including phenoxy) is 1. The van der Waals surface area contributed by atoms with Crippen molar-refractivity contribution in [2.24, 2.45) is 0 Å². The molecule has 1 aromatic rings. The van der Waals surface area contributed by atoms with Crippen molar-refractivity contribution in [3.05, 3.63) is 42.0 Å². The first-order valence-electron chi connectivity index (χ1n) is 6.44. The molecule has 0 radical (unpaired) electrons. The Labute approximate surface area is 104 Å². The molecule has 1 aliphatic carbocycles. The average Bonchev–Trinajstić information content (AvgIpc) is 2.83. The first kappa shape index (κ1) is 12.2. The van der Waals surface area contributed by atoms with E-state index in [9.17, 15) is 0 Å². The normalized spacial score (nSPS) is 17.3. The van der Waals surface area contributed by atoms with Crippen molar-refractivity contribution in [1.82, 2.24) is 5.32 Å². The predicted octanol–water partition coefficient (Wildman–Crippen LogP) is 3.45. The Bertz CT molecular complexity index is 378. The van der Waals surface area contributed by atoms with Crippen molar-refractivity contribution in [3.8, 4) is 5.75 Å². The Balaban J connectivity index is 2.04. The van der Waals surface area contributed by atoms with Gasteiger partial charge in [0, 0.05) is 17.6 Å². The number of para-hydroxylation sites is 1. The summed E-state index contributed by atoms with van der Waals surface area (Å²) < 4.78 is 5.67. The summed E-state index contributed by atoms with van der Waals surface area (Å²) in [5, 5.41) is 3.65. The molecule has 0 fully saturated rings. The minimum Gasteiger partial charge on any atom is -0.494 e. The van der Waals surface area contributed by atoms with Crippen molar-refractivity contribution in [1.29, 1.82) is 0 Å². The van der Waals surface area contributed by atoms with E-state index < -0.39 is 0 Å². The van der Waals surface area contributed by atoms with Crippen LogP contribution in [-0.2, 0) is 0 Å². The summed E-state index contributed by atoms with van der Waals surface area (Å²) in [5.74, 6) is 1.00. The van der Waals surface area contributed by atoms with Crippen molar-refractivity contribution < 1.29 is 4.74 Å². The Hall–Kier alpha value is -1.28. The second-order valence-corrected chi connectivity index (χ2v) is 4.50. The van der Waals surface area contributed by atoms with Gasteiger partial charge in [-0.1, -0.05) is 30.4 Å². The lowest BCUT2D eigenvalue weighted by atomic mass is 10.1. The molecule has 2 rings (SSSR count). The molecule has 0 bridgehead atoms. The molecule has 0 saturated carbocycles. The van der Waals surface area contributed by atoms with Crippen molar-refractivity contribution in [2.45, 2.75) is 38.8 Å². The maximum absolute atomic E-state index is 5.67. The van der Waals surface area contributed by atoms with E-state index in [1.165, 1.54) is 5.56 Å². The van der Waals surface area contributed by atoms with Crippen LogP contribution in [0.1, 0.15) is 38.3 Å². The highest BCUT2D eigenvalue weighted by Crippen LogP contribution is 2.26. The van der Waals surface area contributed by atoms with Gasteiger partial charge in [0.25, 0.3) is 0 Å². The number of hydrogen-bond acceptors (Lipinski definition) is 2. The molecule has 1 unspecified atom stereocenters. The molecule has 1 aliphatic rings. The van der Waals surface area contributed by atoms with Gasteiger partial charge in [-0.25, -0.2) is 0 Å². The topological polar surface area (TPSA) is 21.3 Å². The summed E-state index contributed by atoms with van der Waals surface area (Å²) in [6.07, 6.45) is 6.78. The third kappa shape index (κ3) is 3.10. The van der Waals surface area contributed by atoms with Gasteiger partial charge in [0.1, 0.15) is 5.75 Å². The lowest BCUT2D eigenvalue weighted by Gasteiger charge is -2.21. The van der Waals surface area contributed by atoms with Gasteiger partial charge < -0.3 is 10.1 Å². The molecule has 2 nitrogen and oxygen atoms in total. The maximum atomic E-state index is 5.67. The number of nitrogens with one attached hydrogen (secondary N) is 1. The smallest absolute Gasteiger partial charge is 0.124 e. The van der Waals surface area contributed by atoms with E-state index in [-0.39, 0.29) is 0 Å². The second-order valence-electron chi connectivity index (χ2n) is 4.50. The van der Waals surface area contributed by atoms with Gasteiger partial charge in [-0.2, -0.15) is 0 Å². The van der Waals surface area contributed by atoms with Crippen molar-refractivity contribution >= 4 is 0 Å². The number of benzene rings is 1. The molecule has 0 amide bonds. The molecule has 2 heteroatoms. The second kappa shape index (κ2) is 5.87. The Morgan fingerprint density at radius 2 is 2.00 bits per heavy atom. The molecule has 0 aliphatic heterocycles. The number of rotatable bonds is 5. The SMILES string of the molecule is CCOc1ccccc1C(C)NC1CC=CC1. The molecule has 1 aromatic carbocycles. The van der Waals surface area contributed by atoms with Crippen LogP contribution in [-0.4, -0.2) is 12.6 Å². The molecule has 0 spiro atoms. The monoisotopic (exact) mass is 231 g/mol. The van der Waals surface area contributed by atoms with Crippen molar-refractivity contribution in [3.63, 3.8) is 0 Å². The lowest BCUT2D eigenvalue weighted by Crippen LogP contribution is -2.29. The van der Waals surface area contributed by atoms with E-state index in [2.05, 4.69) is 36.5 Å². The fraction of sp³-hybridized carbons (Fsp3) is 0.467. The molecule has 92 valence electrons. The van der Waals surface area contributed by atoms with Gasteiger partial charge in [-0.3, -0.25) is 0 Å². The molecule has 1 N–H and O–H groups in total. The molecule has 0 heterocycles.